The summed E-state index contributed by atoms with van der Waals surface area (Å²) in [6, 6.07) is -0.349. The number of carbonyl (C=O) groups is 2. The SMILES string of the molecule is C#CCN1C(=O)NC2(C1=O)C(C)CN(C)CC2CC.CC. The van der Waals surface area contributed by atoms with Crippen molar-refractivity contribution in [1.29, 1.82) is 0 Å². The Kier molecular flexibility index (Phi) is 5.79. The fraction of sp³-hybridized carbons (Fsp3) is 0.750. The number of amides is 3. The summed E-state index contributed by atoms with van der Waals surface area (Å²) in [6.45, 7) is 9.74. The highest BCUT2D eigenvalue weighted by atomic mass is 16.2. The maximum Gasteiger partial charge on any atom is 0.325 e. The highest BCUT2D eigenvalue weighted by Crippen LogP contribution is 2.38. The van der Waals surface area contributed by atoms with E-state index in [1.165, 1.54) is 4.90 Å². The smallest absolute Gasteiger partial charge is 0.322 e. The van der Waals surface area contributed by atoms with Gasteiger partial charge in [0.25, 0.3) is 5.91 Å². The van der Waals surface area contributed by atoms with Crippen molar-refractivity contribution in [2.75, 3.05) is 26.7 Å². The van der Waals surface area contributed by atoms with Crippen LogP contribution in [0.5, 0.6) is 0 Å². The minimum absolute atomic E-state index is 0.0470. The van der Waals surface area contributed by atoms with E-state index in [9.17, 15) is 9.59 Å². The minimum Gasteiger partial charge on any atom is -0.322 e. The van der Waals surface area contributed by atoms with E-state index in [4.69, 9.17) is 6.42 Å². The lowest BCUT2D eigenvalue weighted by atomic mass is 9.70. The Morgan fingerprint density at radius 1 is 1.38 bits per heavy atom. The van der Waals surface area contributed by atoms with Crippen LogP contribution in [0.15, 0.2) is 0 Å². The van der Waals surface area contributed by atoms with Crippen molar-refractivity contribution in [2.45, 2.75) is 39.7 Å². The van der Waals surface area contributed by atoms with Crippen molar-refractivity contribution in [1.82, 2.24) is 15.1 Å². The van der Waals surface area contributed by atoms with E-state index in [2.05, 4.69) is 23.1 Å². The molecule has 0 bridgehead atoms. The van der Waals surface area contributed by atoms with Gasteiger partial charge in [0.1, 0.15) is 5.54 Å². The highest BCUT2D eigenvalue weighted by Gasteiger charge is 2.59. The van der Waals surface area contributed by atoms with E-state index < -0.39 is 5.54 Å². The predicted molar refractivity (Wildman–Crippen MR) is 83.6 cm³/mol. The summed E-state index contributed by atoms with van der Waals surface area (Å²) >= 11 is 0. The molecule has 3 unspecified atom stereocenters. The van der Waals surface area contributed by atoms with Crippen molar-refractivity contribution < 1.29 is 9.59 Å². The van der Waals surface area contributed by atoms with Gasteiger partial charge in [0.2, 0.25) is 0 Å². The Labute approximate surface area is 128 Å². The van der Waals surface area contributed by atoms with E-state index >= 15 is 0 Å². The molecule has 2 fully saturated rings. The second-order valence-corrected chi connectivity index (χ2v) is 5.62. The van der Waals surface area contributed by atoms with Gasteiger partial charge in [0, 0.05) is 24.9 Å². The zero-order chi connectivity index (χ0) is 16.2. The average molecular weight is 293 g/mol. The molecular formula is C16H27N3O2. The van der Waals surface area contributed by atoms with Crippen LogP contribution in [0.3, 0.4) is 0 Å². The Morgan fingerprint density at radius 3 is 2.52 bits per heavy atom. The van der Waals surface area contributed by atoms with Gasteiger partial charge in [-0.1, -0.05) is 33.6 Å². The summed E-state index contributed by atoms with van der Waals surface area (Å²) < 4.78 is 0. The Balaban J connectivity index is 0.00000106. The first-order chi connectivity index (χ1) is 9.97. The lowest BCUT2D eigenvalue weighted by Gasteiger charge is -2.47. The third kappa shape index (κ3) is 2.77. The van der Waals surface area contributed by atoms with E-state index in [-0.39, 0.29) is 30.3 Å². The van der Waals surface area contributed by atoms with Crippen LogP contribution in [0.4, 0.5) is 4.79 Å². The maximum absolute atomic E-state index is 12.7. The van der Waals surface area contributed by atoms with Crippen LogP contribution >= 0.6 is 0 Å². The van der Waals surface area contributed by atoms with Gasteiger partial charge in [0.15, 0.2) is 0 Å². The quantitative estimate of drug-likeness (QED) is 0.621. The summed E-state index contributed by atoms with van der Waals surface area (Å²) in [4.78, 5) is 28.1. The number of nitrogens with one attached hydrogen (secondary N) is 1. The van der Waals surface area contributed by atoms with Crippen LogP contribution in [0, 0.1) is 24.2 Å². The molecule has 2 aliphatic rings. The number of urea groups is 1. The van der Waals surface area contributed by atoms with E-state index in [0.717, 1.165) is 19.5 Å². The highest BCUT2D eigenvalue weighted by molar-refractivity contribution is 6.07. The van der Waals surface area contributed by atoms with Gasteiger partial charge >= 0.3 is 6.03 Å². The average Bonchev–Trinajstić information content (AvgIpc) is 2.71. The maximum atomic E-state index is 12.7. The summed E-state index contributed by atoms with van der Waals surface area (Å²) in [5, 5.41) is 2.94. The van der Waals surface area contributed by atoms with Crippen LogP contribution in [0.25, 0.3) is 0 Å². The molecule has 0 aromatic heterocycles. The van der Waals surface area contributed by atoms with Gasteiger partial charge in [-0.2, -0.15) is 0 Å². The van der Waals surface area contributed by atoms with Crippen molar-refractivity contribution in [3.63, 3.8) is 0 Å². The number of likely N-dealkylation sites (tertiary alicyclic amines) is 1. The second-order valence-electron chi connectivity index (χ2n) is 5.62. The van der Waals surface area contributed by atoms with Crippen LogP contribution < -0.4 is 5.32 Å². The molecule has 1 N–H and O–H groups in total. The fourth-order valence-electron chi connectivity index (χ4n) is 3.52. The molecule has 1 spiro atoms. The molecule has 2 heterocycles. The Hall–Kier alpha value is -1.54. The molecule has 5 nitrogen and oxygen atoms in total. The molecule has 0 aromatic rings. The molecule has 21 heavy (non-hydrogen) atoms. The summed E-state index contributed by atoms with van der Waals surface area (Å²) in [6.07, 6.45) is 6.09. The van der Waals surface area contributed by atoms with E-state index in [1.54, 1.807) is 0 Å². The molecule has 0 saturated carbocycles. The molecule has 3 amide bonds. The van der Waals surface area contributed by atoms with Gasteiger partial charge in [-0.25, -0.2) is 4.79 Å². The molecule has 0 aliphatic carbocycles. The lowest BCUT2D eigenvalue weighted by molar-refractivity contribution is -0.137. The number of rotatable bonds is 2. The zero-order valence-electron chi connectivity index (χ0n) is 13.8. The number of carbonyl (C=O) groups excluding carboxylic acids is 2. The topological polar surface area (TPSA) is 52.7 Å². The van der Waals surface area contributed by atoms with Gasteiger partial charge in [-0.05, 0) is 13.5 Å². The molecule has 118 valence electrons. The molecule has 0 aromatic carbocycles. The predicted octanol–water partition coefficient (Wildman–Crippen LogP) is 1.54. The Morgan fingerprint density at radius 2 is 2.00 bits per heavy atom. The summed E-state index contributed by atoms with van der Waals surface area (Å²) in [5.41, 5.74) is -0.769. The third-order valence-electron chi connectivity index (χ3n) is 4.44. The number of terminal acetylenes is 1. The monoisotopic (exact) mass is 293 g/mol. The molecule has 3 atom stereocenters. The number of hydrogen-bond acceptors (Lipinski definition) is 3. The first kappa shape index (κ1) is 17.5. The molecule has 2 saturated heterocycles. The van der Waals surface area contributed by atoms with Crippen LogP contribution in [0.1, 0.15) is 34.1 Å². The summed E-state index contributed by atoms with van der Waals surface area (Å²) in [7, 11) is 2.05. The molecule has 0 radical (unpaired) electrons. The van der Waals surface area contributed by atoms with Gasteiger partial charge in [0.05, 0.1) is 6.54 Å². The first-order valence-corrected chi connectivity index (χ1v) is 7.73. The van der Waals surface area contributed by atoms with Crippen molar-refractivity contribution >= 4 is 11.9 Å². The molecule has 5 heteroatoms. The number of nitrogens with zero attached hydrogens (tertiary/aromatic N) is 2. The fourth-order valence-corrected chi connectivity index (χ4v) is 3.52. The van der Waals surface area contributed by atoms with Gasteiger partial charge < -0.3 is 10.2 Å². The number of imide groups is 1. The normalized spacial score (nSPS) is 32.5. The van der Waals surface area contributed by atoms with Crippen LogP contribution in [0.2, 0.25) is 0 Å². The standard InChI is InChI=1S/C14H21N3O2.C2H6/c1-5-7-17-12(18)14(15-13(17)19)10(3)8-16(4)9-11(14)6-2;1-2/h1,10-11H,6-9H2,2-4H3,(H,15,19);1-2H3. The Bertz CT molecular complexity index is 443. The van der Waals surface area contributed by atoms with Gasteiger partial charge in [-0.3, -0.25) is 9.69 Å². The lowest BCUT2D eigenvalue weighted by Crippen LogP contribution is -2.65. The largest absolute Gasteiger partial charge is 0.325 e. The van der Waals surface area contributed by atoms with Crippen molar-refractivity contribution in [3.05, 3.63) is 0 Å². The first-order valence-electron chi connectivity index (χ1n) is 7.73. The third-order valence-corrected chi connectivity index (χ3v) is 4.44. The molecule has 2 rings (SSSR count). The minimum atomic E-state index is -0.769. The van der Waals surface area contributed by atoms with Crippen molar-refractivity contribution in [3.8, 4) is 12.3 Å². The molecular weight excluding hydrogens is 266 g/mol. The van der Waals surface area contributed by atoms with E-state index in [1.807, 2.05) is 27.8 Å². The van der Waals surface area contributed by atoms with Crippen LogP contribution in [-0.2, 0) is 4.79 Å². The number of piperidine rings is 1. The van der Waals surface area contributed by atoms with Gasteiger partial charge in [-0.15, -0.1) is 6.42 Å². The van der Waals surface area contributed by atoms with Crippen LogP contribution in [-0.4, -0.2) is 54.0 Å². The number of hydrogen-bond donors (Lipinski definition) is 1. The second kappa shape index (κ2) is 6.95. The van der Waals surface area contributed by atoms with Crippen molar-refractivity contribution in [2.24, 2.45) is 11.8 Å². The van der Waals surface area contributed by atoms with E-state index in [0.29, 0.717) is 0 Å². The zero-order valence-corrected chi connectivity index (χ0v) is 13.8. The molecule has 2 aliphatic heterocycles. The summed E-state index contributed by atoms with van der Waals surface area (Å²) in [5.74, 6) is 2.44.